The zero-order chi connectivity index (χ0) is 15.5. The first kappa shape index (κ1) is 15.4. The Morgan fingerprint density at radius 3 is 2.86 bits per heavy atom. The number of sulfonamides is 1. The lowest BCUT2D eigenvalue weighted by atomic mass is 10.0. The monoisotopic (exact) mass is 310 g/mol. The van der Waals surface area contributed by atoms with Crippen LogP contribution < -0.4 is 4.72 Å². The van der Waals surface area contributed by atoms with Crippen LogP contribution in [0.5, 0.6) is 0 Å². The van der Waals surface area contributed by atoms with Crippen molar-refractivity contribution in [2.75, 3.05) is 13.2 Å². The van der Waals surface area contributed by atoms with Crippen LogP contribution in [0.25, 0.3) is 0 Å². The fourth-order valence-electron chi connectivity index (χ4n) is 2.14. The molecule has 0 radical (unpaired) electrons. The molecule has 7 nitrogen and oxygen atoms in total. The summed E-state index contributed by atoms with van der Waals surface area (Å²) >= 11 is 0. The highest BCUT2D eigenvalue weighted by Crippen LogP contribution is 2.21. The van der Waals surface area contributed by atoms with Gasteiger partial charge in [0.1, 0.15) is 0 Å². The van der Waals surface area contributed by atoms with Crippen molar-refractivity contribution in [1.82, 2.24) is 4.72 Å². The lowest BCUT2D eigenvalue weighted by molar-refractivity contribution is -0.144. The molecule has 1 saturated heterocycles. The SMILES string of the molecule is N#Cc1cccc(CS(=O)(=O)NC2(C(=O)O)CCOC2)c1. The summed E-state index contributed by atoms with van der Waals surface area (Å²) in [7, 11) is -3.87. The fourth-order valence-corrected chi connectivity index (χ4v) is 3.68. The molecule has 1 fully saturated rings. The molecule has 1 aliphatic heterocycles. The van der Waals surface area contributed by atoms with Crippen LogP contribution in [-0.2, 0) is 25.3 Å². The molecule has 0 spiro atoms. The third-order valence-electron chi connectivity index (χ3n) is 3.19. The van der Waals surface area contributed by atoms with E-state index < -0.39 is 27.3 Å². The predicted molar refractivity (Wildman–Crippen MR) is 72.7 cm³/mol. The van der Waals surface area contributed by atoms with Crippen LogP contribution in [0.1, 0.15) is 17.5 Å². The van der Waals surface area contributed by atoms with Gasteiger partial charge in [-0.3, -0.25) is 4.79 Å². The number of aliphatic carboxylic acids is 1. The van der Waals surface area contributed by atoms with Crippen LogP contribution in [0.3, 0.4) is 0 Å². The van der Waals surface area contributed by atoms with E-state index >= 15 is 0 Å². The van der Waals surface area contributed by atoms with E-state index in [2.05, 4.69) is 4.72 Å². The second-order valence-corrected chi connectivity index (χ2v) is 6.59. The Balaban J connectivity index is 2.18. The molecular weight excluding hydrogens is 296 g/mol. The van der Waals surface area contributed by atoms with Crippen molar-refractivity contribution in [1.29, 1.82) is 5.26 Å². The van der Waals surface area contributed by atoms with Gasteiger partial charge in [-0.25, -0.2) is 8.42 Å². The van der Waals surface area contributed by atoms with Gasteiger partial charge in [-0.1, -0.05) is 12.1 Å². The molecule has 1 unspecified atom stereocenters. The van der Waals surface area contributed by atoms with Gasteiger partial charge in [0.15, 0.2) is 5.54 Å². The van der Waals surface area contributed by atoms with Crippen molar-refractivity contribution >= 4 is 16.0 Å². The number of carboxylic acids is 1. The molecule has 2 rings (SSSR count). The molecular formula is C13H14N2O5S. The maximum atomic E-state index is 12.2. The van der Waals surface area contributed by atoms with Crippen LogP contribution >= 0.6 is 0 Å². The summed E-state index contributed by atoms with van der Waals surface area (Å²) in [6, 6.07) is 8.09. The molecule has 1 heterocycles. The van der Waals surface area contributed by atoms with Gasteiger partial charge in [0.25, 0.3) is 0 Å². The van der Waals surface area contributed by atoms with E-state index in [1.165, 1.54) is 6.07 Å². The van der Waals surface area contributed by atoms with Crippen molar-refractivity contribution in [3.8, 4) is 6.07 Å². The summed E-state index contributed by atoms with van der Waals surface area (Å²) < 4.78 is 31.5. The maximum absolute atomic E-state index is 12.2. The third kappa shape index (κ3) is 3.58. The van der Waals surface area contributed by atoms with Gasteiger partial charge >= 0.3 is 5.97 Å². The zero-order valence-corrected chi connectivity index (χ0v) is 11.9. The predicted octanol–water partition coefficient (Wildman–Crippen LogP) is 0.221. The molecule has 1 aromatic rings. The third-order valence-corrected chi connectivity index (χ3v) is 4.61. The lowest BCUT2D eigenvalue weighted by Gasteiger charge is -2.23. The quantitative estimate of drug-likeness (QED) is 0.803. The zero-order valence-electron chi connectivity index (χ0n) is 11.1. The largest absolute Gasteiger partial charge is 0.480 e. The fraction of sp³-hybridized carbons (Fsp3) is 0.385. The first-order valence-electron chi connectivity index (χ1n) is 6.19. The Bertz CT molecular complexity index is 687. The van der Waals surface area contributed by atoms with E-state index in [4.69, 9.17) is 10.00 Å². The Labute approximate surface area is 122 Å². The van der Waals surface area contributed by atoms with Crippen LogP contribution in [0.15, 0.2) is 24.3 Å². The summed E-state index contributed by atoms with van der Waals surface area (Å²) in [5.41, 5.74) is -0.841. The number of hydrogen-bond donors (Lipinski definition) is 2. The molecule has 0 saturated carbocycles. The number of ether oxygens (including phenoxy) is 1. The molecule has 21 heavy (non-hydrogen) atoms. The summed E-state index contributed by atoms with van der Waals surface area (Å²) in [6.07, 6.45) is 0.0831. The average molecular weight is 310 g/mol. The van der Waals surface area contributed by atoms with Gasteiger partial charge < -0.3 is 9.84 Å². The van der Waals surface area contributed by atoms with Crippen LogP contribution in [0, 0.1) is 11.3 Å². The van der Waals surface area contributed by atoms with Gasteiger partial charge in [0, 0.05) is 13.0 Å². The number of benzene rings is 1. The van der Waals surface area contributed by atoms with Crippen molar-refractivity contribution in [2.45, 2.75) is 17.7 Å². The van der Waals surface area contributed by atoms with Crippen molar-refractivity contribution in [3.05, 3.63) is 35.4 Å². The first-order chi connectivity index (χ1) is 9.87. The lowest BCUT2D eigenvalue weighted by Crippen LogP contribution is -2.55. The number of carboxylic acid groups (broad SMARTS) is 1. The van der Waals surface area contributed by atoms with Crippen LogP contribution in [-0.4, -0.2) is 38.2 Å². The van der Waals surface area contributed by atoms with Crippen molar-refractivity contribution in [3.63, 3.8) is 0 Å². The Morgan fingerprint density at radius 2 is 2.29 bits per heavy atom. The van der Waals surface area contributed by atoms with Gasteiger partial charge in [0.2, 0.25) is 10.0 Å². The van der Waals surface area contributed by atoms with Gasteiger partial charge in [-0.05, 0) is 17.7 Å². The number of nitriles is 1. The minimum Gasteiger partial charge on any atom is -0.480 e. The molecule has 1 aromatic carbocycles. The van der Waals surface area contributed by atoms with Gasteiger partial charge in [0.05, 0.1) is 24.0 Å². The number of hydrogen-bond acceptors (Lipinski definition) is 5. The summed E-state index contributed by atoms with van der Waals surface area (Å²) in [6.45, 7) is -0.00145. The van der Waals surface area contributed by atoms with Crippen molar-refractivity contribution < 1.29 is 23.1 Å². The Hall–Kier alpha value is -1.95. The normalized spacial score (nSPS) is 21.9. The molecule has 0 amide bonds. The first-order valence-corrected chi connectivity index (χ1v) is 7.84. The topological polar surface area (TPSA) is 116 Å². The Kier molecular flexibility index (Phi) is 4.27. The highest BCUT2D eigenvalue weighted by molar-refractivity contribution is 7.88. The number of nitrogens with one attached hydrogen (secondary N) is 1. The maximum Gasteiger partial charge on any atom is 0.327 e. The van der Waals surface area contributed by atoms with Crippen LogP contribution in [0.2, 0.25) is 0 Å². The highest BCUT2D eigenvalue weighted by Gasteiger charge is 2.45. The second-order valence-electron chi connectivity index (χ2n) is 4.86. The molecule has 0 aromatic heterocycles. The van der Waals surface area contributed by atoms with Gasteiger partial charge in [-0.15, -0.1) is 0 Å². The molecule has 1 atom stereocenters. The summed E-state index contributed by atoms with van der Waals surface area (Å²) in [5, 5.41) is 18.0. The molecule has 1 aliphatic rings. The van der Waals surface area contributed by atoms with E-state index in [-0.39, 0.29) is 19.6 Å². The molecule has 2 N–H and O–H groups in total. The molecule has 8 heteroatoms. The Morgan fingerprint density at radius 1 is 1.52 bits per heavy atom. The van der Waals surface area contributed by atoms with Crippen molar-refractivity contribution in [2.24, 2.45) is 0 Å². The standard InChI is InChI=1S/C13H14N2O5S/c14-7-10-2-1-3-11(6-10)8-21(18,19)15-13(12(16)17)4-5-20-9-13/h1-3,6,15H,4-5,8-9H2,(H,16,17). The minimum atomic E-state index is -3.87. The number of carbonyl (C=O) groups is 1. The number of nitrogens with zero attached hydrogens (tertiary/aromatic N) is 1. The minimum absolute atomic E-state index is 0.0831. The smallest absolute Gasteiger partial charge is 0.327 e. The summed E-state index contributed by atoms with van der Waals surface area (Å²) in [5.74, 6) is -1.65. The van der Waals surface area contributed by atoms with Gasteiger partial charge in [-0.2, -0.15) is 9.98 Å². The second kappa shape index (κ2) is 5.81. The average Bonchev–Trinajstić information content (AvgIpc) is 2.87. The summed E-state index contributed by atoms with van der Waals surface area (Å²) in [4.78, 5) is 11.3. The molecule has 0 bridgehead atoms. The van der Waals surface area contributed by atoms with E-state index in [0.29, 0.717) is 11.1 Å². The number of rotatable bonds is 5. The van der Waals surface area contributed by atoms with Crippen LogP contribution in [0.4, 0.5) is 0 Å². The van der Waals surface area contributed by atoms with E-state index in [1.807, 2.05) is 6.07 Å². The van der Waals surface area contributed by atoms with E-state index in [9.17, 15) is 18.3 Å². The van der Waals surface area contributed by atoms with E-state index in [0.717, 1.165) is 0 Å². The molecule has 112 valence electrons. The van der Waals surface area contributed by atoms with E-state index in [1.54, 1.807) is 18.2 Å². The molecule has 0 aliphatic carbocycles. The highest BCUT2D eigenvalue weighted by atomic mass is 32.2.